The largest absolute Gasteiger partial charge is 0.493 e. The van der Waals surface area contributed by atoms with Crippen LogP contribution >= 0.6 is 0 Å². The summed E-state index contributed by atoms with van der Waals surface area (Å²) in [5, 5.41) is 5.68. The summed E-state index contributed by atoms with van der Waals surface area (Å²) in [5.41, 5.74) is -0.920. The molecule has 1 amide bonds. The van der Waals surface area contributed by atoms with E-state index in [9.17, 15) is 22.8 Å². The van der Waals surface area contributed by atoms with Crippen LogP contribution in [0.25, 0.3) is 0 Å². The van der Waals surface area contributed by atoms with E-state index in [-0.39, 0.29) is 19.7 Å². The van der Waals surface area contributed by atoms with Gasteiger partial charge in [0.05, 0.1) is 13.7 Å². The van der Waals surface area contributed by atoms with Crippen molar-refractivity contribution in [3.63, 3.8) is 0 Å². The second-order valence-corrected chi connectivity index (χ2v) is 5.18. The molecule has 0 radical (unpaired) electrons. The fourth-order valence-corrected chi connectivity index (χ4v) is 2.11. The lowest BCUT2D eigenvalue weighted by Crippen LogP contribution is -2.34. The Morgan fingerprint density at radius 3 is 2.50 bits per heavy atom. The summed E-state index contributed by atoms with van der Waals surface area (Å²) in [6, 6.07) is 6.74. The number of nitrogens with one attached hydrogen (secondary N) is 1. The Bertz CT molecular complexity index is 829. The number of ether oxygens (including phenoxy) is 2. The molecule has 2 rings (SSSR count). The first-order chi connectivity index (χ1) is 12.2. The molecule has 0 aliphatic carbocycles. The molecule has 142 valence electrons. The first-order valence-corrected chi connectivity index (χ1v) is 7.47. The number of amides is 1. The first kappa shape index (κ1) is 19.3. The van der Waals surface area contributed by atoms with Crippen LogP contribution in [-0.2, 0) is 24.6 Å². The lowest BCUT2D eigenvalue weighted by Gasteiger charge is -2.10. The smallest absolute Gasteiger partial charge is 0.451 e. The number of carbonyl (C=O) groups is 1. The lowest BCUT2D eigenvalue weighted by atomic mass is 10.3. The maximum atomic E-state index is 12.7. The van der Waals surface area contributed by atoms with Crippen LogP contribution < -0.4 is 20.5 Å². The molecule has 1 heterocycles. The summed E-state index contributed by atoms with van der Waals surface area (Å²) < 4.78 is 49.5. The molecule has 0 saturated heterocycles. The molecule has 0 unspecified atom stereocenters. The number of aromatic nitrogens is 3. The van der Waals surface area contributed by atoms with E-state index < -0.39 is 23.6 Å². The van der Waals surface area contributed by atoms with Gasteiger partial charge in [-0.25, -0.2) is 9.48 Å². The standard InChI is InChI=1S/C15H17F3N4O4/c1-21-13(15(16,17)18)20-22(14(21)24)8-7-19-12(23)9-26-11-6-4-3-5-10(11)25-2/h3-6H,7-9H2,1-2H3,(H,19,23). The third kappa shape index (κ3) is 4.55. The van der Waals surface area contributed by atoms with Gasteiger partial charge in [-0.05, 0) is 12.1 Å². The molecule has 0 aliphatic heterocycles. The first-order valence-electron chi connectivity index (χ1n) is 7.47. The highest BCUT2D eigenvalue weighted by Crippen LogP contribution is 2.26. The topological polar surface area (TPSA) is 87.4 Å². The van der Waals surface area contributed by atoms with Gasteiger partial charge in [-0.3, -0.25) is 9.36 Å². The van der Waals surface area contributed by atoms with Crippen molar-refractivity contribution in [1.29, 1.82) is 0 Å². The number of halogens is 3. The summed E-state index contributed by atoms with van der Waals surface area (Å²) in [6.45, 7) is -0.600. The number of alkyl halides is 3. The van der Waals surface area contributed by atoms with Crippen LogP contribution in [0.3, 0.4) is 0 Å². The normalized spacial score (nSPS) is 11.3. The van der Waals surface area contributed by atoms with Crippen LogP contribution in [0.15, 0.2) is 29.1 Å². The predicted molar refractivity (Wildman–Crippen MR) is 84.0 cm³/mol. The Morgan fingerprint density at radius 1 is 1.27 bits per heavy atom. The van der Waals surface area contributed by atoms with Crippen LogP contribution in [0.1, 0.15) is 5.82 Å². The Morgan fingerprint density at radius 2 is 1.92 bits per heavy atom. The third-order valence-corrected chi connectivity index (χ3v) is 3.37. The number of hydrogen-bond donors (Lipinski definition) is 1. The molecule has 0 bridgehead atoms. The zero-order valence-electron chi connectivity index (χ0n) is 14.0. The van der Waals surface area contributed by atoms with Crippen molar-refractivity contribution in [1.82, 2.24) is 19.7 Å². The van der Waals surface area contributed by atoms with E-state index >= 15 is 0 Å². The molecule has 0 saturated carbocycles. The monoisotopic (exact) mass is 374 g/mol. The van der Waals surface area contributed by atoms with E-state index in [1.807, 2.05) is 0 Å². The Balaban J connectivity index is 1.86. The summed E-state index contributed by atoms with van der Waals surface area (Å²) in [6.07, 6.45) is -4.73. The van der Waals surface area contributed by atoms with Gasteiger partial charge in [0.15, 0.2) is 18.1 Å². The number of methoxy groups -OCH3 is 1. The molecule has 1 aromatic heterocycles. The molecular formula is C15H17F3N4O4. The Labute approximate surface area is 146 Å². The van der Waals surface area contributed by atoms with Crippen LogP contribution in [0, 0.1) is 0 Å². The van der Waals surface area contributed by atoms with E-state index in [1.54, 1.807) is 24.3 Å². The molecule has 2 aromatic rings. The van der Waals surface area contributed by atoms with Gasteiger partial charge in [0.25, 0.3) is 5.91 Å². The molecule has 1 aromatic carbocycles. The maximum absolute atomic E-state index is 12.7. The van der Waals surface area contributed by atoms with E-state index in [2.05, 4.69) is 10.4 Å². The van der Waals surface area contributed by atoms with Crippen LogP contribution in [0.2, 0.25) is 0 Å². The van der Waals surface area contributed by atoms with Gasteiger partial charge < -0.3 is 14.8 Å². The minimum Gasteiger partial charge on any atom is -0.493 e. The lowest BCUT2D eigenvalue weighted by molar-refractivity contribution is -0.147. The van der Waals surface area contributed by atoms with Crippen molar-refractivity contribution in [3.8, 4) is 11.5 Å². The molecular weight excluding hydrogens is 357 g/mol. The molecule has 1 N–H and O–H groups in total. The minimum atomic E-state index is -4.73. The Hall–Kier alpha value is -2.98. The number of nitrogens with zero attached hydrogens (tertiary/aromatic N) is 3. The fourth-order valence-electron chi connectivity index (χ4n) is 2.11. The zero-order valence-corrected chi connectivity index (χ0v) is 14.0. The highest BCUT2D eigenvalue weighted by molar-refractivity contribution is 5.77. The van der Waals surface area contributed by atoms with Gasteiger partial charge in [-0.2, -0.15) is 13.2 Å². The molecule has 0 spiro atoms. The van der Waals surface area contributed by atoms with Crippen LogP contribution in [0.5, 0.6) is 11.5 Å². The Kier molecular flexibility index (Phi) is 5.90. The van der Waals surface area contributed by atoms with Gasteiger partial charge in [0.1, 0.15) is 0 Å². The second kappa shape index (κ2) is 7.93. The van der Waals surface area contributed by atoms with E-state index in [0.717, 1.165) is 7.05 Å². The number of carbonyl (C=O) groups excluding carboxylic acids is 1. The number of hydrogen-bond acceptors (Lipinski definition) is 5. The average molecular weight is 374 g/mol. The third-order valence-electron chi connectivity index (χ3n) is 3.37. The van der Waals surface area contributed by atoms with Gasteiger partial charge >= 0.3 is 11.9 Å². The molecule has 0 aliphatic rings. The average Bonchev–Trinajstić information content (AvgIpc) is 2.89. The van der Waals surface area contributed by atoms with Crippen molar-refractivity contribution in [3.05, 3.63) is 40.6 Å². The second-order valence-electron chi connectivity index (χ2n) is 5.18. The molecule has 8 nitrogen and oxygen atoms in total. The van der Waals surface area contributed by atoms with Crippen LogP contribution in [-0.4, -0.2) is 40.5 Å². The quantitative estimate of drug-likeness (QED) is 0.775. The van der Waals surface area contributed by atoms with Gasteiger partial charge in [0.2, 0.25) is 5.82 Å². The molecule has 11 heteroatoms. The van der Waals surface area contributed by atoms with Crippen molar-refractivity contribution in [2.75, 3.05) is 20.3 Å². The van der Waals surface area contributed by atoms with Gasteiger partial charge in [-0.15, -0.1) is 5.10 Å². The van der Waals surface area contributed by atoms with E-state index in [1.165, 1.54) is 7.11 Å². The highest BCUT2D eigenvalue weighted by Gasteiger charge is 2.37. The van der Waals surface area contributed by atoms with Crippen molar-refractivity contribution < 1.29 is 27.4 Å². The van der Waals surface area contributed by atoms with Crippen molar-refractivity contribution >= 4 is 5.91 Å². The number of para-hydroxylation sites is 2. The van der Waals surface area contributed by atoms with E-state index in [4.69, 9.17) is 9.47 Å². The fraction of sp³-hybridized carbons (Fsp3) is 0.400. The number of benzene rings is 1. The summed E-state index contributed by atoms with van der Waals surface area (Å²) in [7, 11) is 2.44. The summed E-state index contributed by atoms with van der Waals surface area (Å²) in [4.78, 5) is 23.5. The summed E-state index contributed by atoms with van der Waals surface area (Å²) in [5.74, 6) is -0.967. The van der Waals surface area contributed by atoms with Crippen molar-refractivity contribution in [2.45, 2.75) is 12.7 Å². The van der Waals surface area contributed by atoms with Gasteiger partial charge in [-0.1, -0.05) is 12.1 Å². The number of rotatable bonds is 7. The highest BCUT2D eigenvalue weighted by atomic mass is 19.4. The van der Waals surface area contributed by atoms with Crippen LogP contribution in [0.4, 0.5) is 13.2 Å². The molecule has 26 heavy (non-hydrogen) atoms. The SMILES string of the molecule is COc1ccccc1OCC(=O)NCCn1nc(C(F)(F)F)n(C)c1=O. The predicted octanol–water partition coefficient (Wildman–Crippen LogP) is 0.804. The van der Waals surface area contributed by atoms with Crippen molar-refractivity contribution in [2.24, 2.45) is 7.05 Å². The van der Waals surface area contributed by atoms with Gasteiger partial charge in [0, 0.05) is 13.6 Å². The zero-order chi connectivity index (χ0) is 19.3. The maximum Gasteiger partial charge on any atom is 0.451 e. The molecule has 0 atom stereocenters. The molecule has 0 fully saturated rings. The minimum absolute atomic E-state index is 0.0810. The summed E-state index contributed by atoms with van der Waals surface area (Å²) >= 11 is 0. The van der Waals surface area contributed by atoms with E-state index in [0.29, 0.717) is 20.7 Å².